The number of aryl methyl sites for hydroxylation is 2. The number of carbonyl (C=O) groups excluding carboxylic acids is 1. The van der Waals surface area contributed by atoms with Gasteiger partial charge in [0.15, 0.2) is 5.76 Å². The molecule has 24 heavy (non-hydrogen) atoms. The number of fused-ring (bicyclic) bond motifs is 2. The number of ether oxygens (including phenoxy) is 1. The van der Waals surface area contributed by atoms with Crippen LogP contribution in [0.4, 0.5) is 5.69 Å². The van der Waals surface area contributed by atoms with Crippen LogP contribution in [-0.4, -0.2) is 19.6 Å². The average Bonchev–Trinajstić information content (AvgIpc) is 2.96. The zero-order chi connectivity index (χ0) is 16.7. The van der Waals surface area contributed by atoms with E-state index in [0.29, 0.717) is 11.3 Å². The van der Waals surface area contributed by atoms with E-state index in [-0.39, 0.29) is 5.91 Å². The first-order valence-electron chi connectivity index (χ1n) is 8.16. The van der Waals surface area contributed by atoms with E-state index in [2.05, 4.69) is 6.07 Å². The highest BCUT2D eigenvalue weighted by Gasteiger charge is 2.27. The highest BCUT2D eigenvalue weighted by Crippen LogP contribution is 2.33. The van der Waals surface area contributed by atoms with Crippen molar-refractivity contribution in [2.24, 2.45) is 0 Å². The van der Waals surface area contributed by atoms with Crippen molar-refractivity contribution in [1.82, 2.24) is 0 Å². The summed E-state index contributed by atoms with van der Waals surface area (Å²) in [5, 5.41) is 0.919. The van der Waals surface area contributed by atoms with Gasteiger partial charge in [-0.2, -0.15) is 0 Å². The van der Waals surface area contributed by atoms with E-state index in [1.807, 2.05) is 48.2 Å². The summed E-state index contributed by atoms with van der Waals surface area (Å²) in [5.41, 5.74) is 3.78. The number of nitrogens with zero attached hydrogens (tertiary/aromatic N) is 1. The number of rotatable bonds is 2. The Balaban J connectivity index is 1.78. The average molecular weight is 321 g/mol. The van der Waals surface area contributed by atoms with Crippen LogP contribution in [0.5, 0.6) is 5.75 Å². The molecule has 2 heterocycles. The molecule has 4 rings (SSSR count). The molecule has 0 bridgehead atoms. The van der Waals surface area contributed by atoms with Crippen LogP contribution in [-0.2, 0) is 6.42 Å². The number of furan rings is 1. The molecule has 1 aromatic heterocycles. The summed E-state index contributed by atoms with van der Waals surface area (Å²) >= 11 is 0. The minimum Gasteiger partial charge on any atom is -0.497 e. The van der Waals surface area contributed by atoms with E-state index in [0.717, 1.165) is 41.8 Å². The van der Waals surface area contributed by atoms with Gasteiger partial charge in [-0.3, -0.25) is 4.79 Å². The zero-order valence-electron chi connectivity index (χ0n) is 13.8. The maximum atomic E-state index is 13.1. The molecule has 0 saturated carbocycles. The third kappa shape index (κ3) is 2.26. The number of anilines is 1. The van der Waals surface area contributed by atoms with Gasteiger partial charge in [-0.15, -0.1) is 0 Å². The SMILES string of the molecule is COc1ccc2oc(C(=O)N3CCCc4ccccc43)c(C)c2c1. The van der Waals surface area contributed by atoms with Gasteiger partial charge < -0.3 is 14.1 Å². The lowest BCUT2D eigenvalue weighted by Crippen LogP contribution is -2.35. The Bertz CT molecular complexity index is 926. The number of hydrogen-bond acceptors (Lipinski definition) is 3. The highest BCUT2D eigenvalue weighted by molar-refractivity contribution is 6.08. The van der Waals surface area contributed by atoms with E-state index in [1.54, 1.807) is 7.11 Å². The van der Waals surface area contributed by atoms with Crippen LogP contribution < -0.4 is 9.64 Å². The van der Waals surface area contributed by atoms with Gasteiger partial charge in [0.25, 0.3) is 5.91 Å². The summed E-state index contributed by atoms with van der Waals surface area (Å²) < 4.78 is 11.2. The van der Waals surface area contributed by atoms with Gasteiger partial charge in [-0.1, -0.05) is 18.2 Å². The van der Waals surface area contributed by atoms with Gasteiger partial charge in [-0.25, -0.2) is 0 Å². The predicted octanol–water partition coefficient (Wildman–Crippen LogP) is 4.34. The van der Waals surface area contributed by atoms with Crippen LogP contribution in [0.15, 0.2) is 46.9 Å². The fraction of sp³-hybridized carbons (Fsp3) is 0.250. The van der Waals surface area contributed by atoms with E-state index < -0.39 is 0 Å². The molecule has 1 aliphatic rings. The topological polar surface area (TPSA) is 42.7 Å². The lowest BCUT2D eigenvalue weighted by atomic mass is 10.0. The van der Waals surface area contributed by atoms with E-state index in [1.165, 1.54) is 5.56 Å². The maximum Gasteiger partial charge on any atom is 0.294 e. The number of benzene rings is 2. The maximum absolute atomic E-state index is 13.1. The van der Waals surface area contributed by atoms with Crippen LogP contribution in [0.3, 0.4) is 0 Å². The van der Waals surface area contributed by atoms with Crippen LogP contribution in [0.2, 0.25) is 0 Å². The molecule has 0 spiro atoms. The van der Waals surface area contributed by atoms with Gasteiger partial charge in [0.2, 0.25) is 0 Å². The normalized spacial score (nSPS) is 13.8. The van der Waals surface area contributed by atoms with Gasteiger partial charge in [-0.05, 0) is 49.6 Å². The Hall–Kier alpha value is -2.75. The Kier molecular flexibility index (Phi) is 3.53. The zero-order valence-corrected chi connectivity index (χ0v) is 13.8. The summed E-state index contributed by atoms with van der Waals surface area (Å²) in [4.78, 5) is 14.9. The van der Waals surface area contributed by atoms with Gasteiger partial charge in [0.1, 0.15) is 11.3 Å². The smallest absolute Gasteiger partial charge is 0.294 e. The van der Waals surface area contributed by atoms with Gasteiger partial charge in [0, 0.05) is 23.2 Å². The molecule has 1 amide bonds. The third-order valence-corrected chi connectivity index (χ3v) is 4.69. The molecule has 1 aliphatic heterocycles. The monoisotopic (exact) mass is 321 g/mol. The number of hydrogen-bond donors (Lipinski definition) is 0. The molecule has 2 aromatic carbocycles. The molecule has 4 nitrogen and oxygen atoms in total. The Morgan fingerprint density at radius 1 is 1.21 bits per heavy atom. The van der Waals surface area contributed by atoms with E-state index in [9.17, 15) is 4.79 Å². The number of amides is 1. The standard InChI is InChI=1S/C20H19NO3/c1-13-16-12-15(23-2)9-10-18(16)24-19(13)20(22)21-11-5-7-14-6-3-4-8-17(14)21/h3-4,6,8-10,12H,5,7,11H2,1-2H3. The quantitative estimate of drug-likeness (QED) is 0.705. The Labute approximate surface area is 140 Å². The molecule has 4 heteroatoms. The van der Waals surface area contributed by atoms with Gasteiger partial charge in [0.05, 0.1) is 7.11 Å². The lowest BCUT2D eigenvalue weighted by Gasteiger charge is -2.28. The summed E-state index contributed by atoms with van der Waals surface area (Å²) in [7, 11) is 1.63. The summed E-state index contributed by atoms with van der Waals surface area (Å²) in [6, 6.07) is 13.7. The second-order valence-corrected chi connectivity index (χ2v) is 6.11. The molecule has 0 N–H and O–H groups in total. The van der Waals surface area contributed by atoms with Crippen molar-refractivity contribution in [1.29, 1.82) is 0 Å². The first-order chi connectivity index (χ1) is 11.7. The van der Waals surface area contributed by atoms with Gasteiger partial charge >= 0.3 is 0 Å². The molecule has 0 unspecified atom stereocenters. The van der Waals surface area contributed by atoms with E-state index in [4.69, 9.17) is 9.15 Å². The summed E-state index contributed by atoms with van der Waals surface area (Å²) in [6.07, 6.45) is 1.98. The largest absolute Gasteiger partial charge is 0.497 e. The number of methoxy groups -OCH3 is 1. The first-order valence-corrected chi connectivity index (χ1v) is 8.16. The third-order valence-electron chi connectivity index (χ3n) is 4.69. The predicted molar refractivity (Wildman–Crippen MR) is 93.9 cm³/mol. The number of para-hydroxylation sites is 1. The first kappa shape index (κ1) is 14.8. The molecule has 122 valence electrons. The van der Waals surface area contributed by atoms with Crippen LogP contribution in [0.1, 0.15) is 28.1 Å². The van der Waals surface area contributed by atoms with Crippen molar-refractivity contribution < 1.29 is 13.9 Å². The van der Waals surface area contributed by atoms with Crippen molar-refractivity contribution >= 4 is 22.6 Å². The molecule has 0 aliphatic carbocycles. The molecular weight excluding hydrogens is 302 g/mol. The molecule has 0 atom stereocenters. The van der Waals surface area contributed by atoms with Crippen molar-refractivity contribution in [2.75, 3.05) is 18.6 Å². The van der Waals surface area contributed by atoms with Crippen LogP contribution in [0.25, 0.3) is 11.0 Å². The fourth-order valence-corrected chi connectivity index (χ4v) is 3.40. The minimum atomic E-state index is -0.0742. The molecular formula is C20H19NO3. The minimum absolute atomic E-state index is 0.0742. The fourth-order valence-electron chi connectivity index (χ4n) is 3.40. The second-order valence-electron chi connectivity index (χ2n) is 6.11. The van der Waals surface area contributed by atoms with Crippen molar-refractivity contribution in [3.05, 3.63) is 59.4 Å². The number of carbonyl (C=O) groups is 1. The summed E-state index contributed by atoms with van der Waals surface area (Å²) in [6.45, 7) is 2.64. The lowest BCUT2D eigenvalue weighted by molar-refractivity contribution is 0.0959. The molecule has 0 radical (unpaired) electrons. The van der Waals surface area contributed by atoms with Crippen molar-refractivity contribution in [3.63, 3.8) is 0 Å². The van der Waals surface area contributed by atoms with Crippen molar-refractivity contribution in [2.45, 2.75) is 19.8 Å². The Morgan fingerprint density at radius 2 is 2.04 bits per heavy atom. The van der Waals surface area contributed by atoms with E-state index >= 15 is 0 Å². The van der Waals surface area contributed by atoms with Crippen LogP contribution in [0, 0.1) is 6.92 Å². The molecule has 3 aromatic rings. The summed E-state index contributed by atoms with van der Waals surface area (Å²) in [5.74, 6) is 1.10. The second kappa shape index (κ2) is 5.71. The Morgan fingerprint density at radius 3 is 2.88 bits per heavy atom. The van der Waals surface area contributed by atoms with Crippen LogP contribution >= 0.6 is 0 Å². The molecule has 0 saturated heterocycles. The molecule has 0 fully saturated rings. The van der Waals surface area contributed by atoms with Crippen molar-refractivity contribution in [3.8, 4) is 5.75 Å². The highest BCUT2D eigenvalue weighted by atomic mass is 16.5.